The van der Waals surface area contributed by atoms with Crippen molar-refractivity contribution in [2.24, 2.45) is 0 Å². The van der Waals surface area contributed by atoms with Crippen LogP contribution in [-0.2, 0) is 4.74 Å². The van der Waals surface area contributed by atoms with Gasteiger partial charge in [-0.2, -0.15) is 5.26 Å². The highest BCUT2D eigenvalue weighted by atomic mass is 28.4. The molecule has 0 aliphatic carbocycles. The van der Waals surface area contributed by atoms with E-state index in [1.165, 1.54) is 0 Å². The Morgan fingerprint density at radius 3 is 2.24 bits per heavy atom. The van der Waals surface area contributed by atoms with Gasteiger partial charge in [0.25, 0.3) is 8.32 Å². The molecular formula is C36H46N4O4Si. The fourth-order valence-corrected chi connectivity index (χ4v) is 6.68. The summed E-state index contributed by atoms with van der Waals surface area (Å²) in [5.41, 5.74) is 3.79. The molecule has 1 aliphatic heterocycles. The van der Waals surface area contributed by atoms with Crippen LogP contribution in [0.3, 0.4) is 0 Å². The van der Waals surface area contributed by atoms with Crippen LogP contribution in [-0.4, -0.2) is 53.7 Å². The Balaban J connectivity index is 1.60. The molecule has 0 N–H and O–H groups in total. The third-order valence-corrected chi connectivity index (χ3v) is 13.4. The molecule has 1 aliphatic rings. The zero-order valence-corrected chi connectivity index (χ0v) is 29.4. The van der Waals surface area contributed by atoms with Gasteiger partial charge in [-0.15, -0.1) is 0 Å². The van der Waals surface area contributed by atoms with E-state index >= 15 is 0 Å². The van der Waals surface area contributed by atoms with Crippen LogP contribution in [0.1, 0.15) is 71.3 Å². The van der Waals surface area contributed by atoms with E-state index in [0.29, 0.717) is 37.2 Å². The highest BCUT2D eigenvalue weighted by Crippen LogP contribution is 2.45. The minimum absolute atomic E-state index is 0.0128. The molecule has 1 amide bonds. The lowest BCUT2D eigenvalue weighted by atomic mass is 10.0. The van der Waals surface area contributed by atoms with E-state index in [2.05, 4.69) is 63.6 Å². The maximum atomic E-state index is 12.7. The van der Waals surface area contributed by atoms with Crippen LogP contribution >= 0.6 is 0 Å². The van der Waals surface area contributed by atoms with Crippen molar-refractivity contribution in [3.63, 3.8) is 0 Å². The Morgan fingerprint density at radius 2 is 1.64 bits per heavy atom. The Morgan fingerprint density at radius 1 is 1.00 bits per heavy atom. The Hall–Kier alpha value is -4.03. The second-order valence-electron chi connectivity index (χ2n) is 14.6. The highest BCUT2D eigenvalue weighted by molar-refractivity contribution is 6.74. The van der Waals surface area contributed by atoms with Gasteiger partial charge in [-0.1, -0.05) is 45.0 Å². The SMILES string of the molecule is Cc1c(O[Si](C)(C)C(C)(C)C)c(OC2CCN(C(=O)OC(C)(C)C)CC2)cc2c1nc(C)n2-c1ccc(C#N)c2ccccc12. The number of piperidine rings is 1. The summed E-state index contributed by atoms with van der Waals surface area (Å²) in [7, 11) is -2.24. The molecule has 1 fully saturated rings. The summed E-state index contributed by atoms with van der Waals surface area (Å²) < 4.78 is 21.6. The van der Waals surface area contributed by atoms with E-state index in [1.54, 1.807) is 4.90 Å². The molecule has 45 heavy (non-hydrogen) atoms. The van der Waals surface area contributed by atoms with Gasteiger partial charge in [0.15, 0.2) is 11.5 Å². The topological polar surface area (TPSA) is 89.6 Å². The fraction of sp³-hybridized carbons (Fsp3) is 0.472. The molecule has 4 aromatic rings. The predicted molar refractivity (Wildman–Crippen MR) is 182 cm³/mol. The van der Waals surface area contributed by atoms with E-state index < -0.39 is 13.9 Å². The van der Waals surface area contributed by atoms with Gasteiger partial charge < -0.3 is 18.8 Å². The van der Waals surface area contributed by atoms with Crippen LogP contribution in [0.2, 0.25) is 18.1 Å². The Labute approximate surface area is 268 Å². The van der Waals surface area contributed by atoms with Gasteiger partial charge in [0.1, 0.15) is 17.5 Å². The zero-order valence-electron chi connectivity index (χ0n) is 28.4. The van der Waals surface area contributed by atoms with Crippen LogP contribution < -0.4 is 9.16 Å². The van der Waals surface area contributed by atoms with E-state index in [9.17, 15) is 10.1 Å². The monoisotopic (exact) mass is 626 g/mol. The molecule has 0 saturated carbocycles. The largest absolute Gasteiger partial charge is 0.541 e. The quantitative estimate of drug-likeness (QED) is 0.206. The molecule has 2 heterocycles. The van der Waals surface area contributed by atoms with Crippen LogP contribution in [0.15, 0.2) is 42.5 Å². The van der Waals surface area contributed by atoms with Crippen molar-refractivity contribution >= 4 is 36.2 Å². The molecule has 3 aromatic carbocycles. The zero-order chi connectivity index (χ0) is 32.9. The summed E-state index contributed by atoms with van der Waals surface area (Å²) >= 11 is 0. The number of likely N-dealkylation sites (tertiary alicyclic amines) is 1. The van der Waals surface area contributed by atoms with Crippen molar-refractivity contribution in [1.29, 1.82) is 5.26 Å². The van der Waals surface area contributed by atoms with Crippen molar-refractivity contribution in [3.8, 4) is 23.3 Å². The normalized spacial score (nSPS) is 14.9. The molecule has 5 rings (SSSR count). The minimum atomic E-state index is -2.24. The summed E-state index contributed by atoms with van der Waals surface area (Å²) in [6.45, 7) is 22.0. The van der Waals surface area contributed by atoms with Crippen molar-refractivity contribution in [2.45, 2.75) is 98.1 Å². The number of fused-ring (bicyclic) bond motifs is 2. The molecule has 0 unspecified atom stereocenters. The van der Waals surface area contributed by atoms with Crippen molar-refractivity contribution < 1.29 is 18.7 Å². The number of rotatable bonds is 5. The molecule has 0 atom stereocenters. The Bertz CT molecular complexity index is 1800. The van der Waals surface area contributed by atoms with Gasteiger partial charge in [0.05, 0.1) is 28.4 Å². The summed E-state index contributed by atoms with van der Waals surface area (Å²) in [5, 5.41) is 11.6. The molecule has 1 saturated heterocycles. The maximum absolute atomic E-state index is 12.7. The van der Waals surface area contributed by atoms with E-state index in [4.69, 9.17) is 18.9 Å². The Kier molecular flexibility index (Phi) is 8.43. The molecule has 1 aromatic heterocycles. The molecular weight excluding hydrogens is 581 g/mol. The van der Waals surface area contributed by atoms with Crippen LogP contribution in [0.25, 0.3) is 27.5 Å². The van der Waals surface area contributed by atoms with Crippen molar-refractivity contribution in [3.05, 3.63) is 59.4 Å². The smallest absolute Gasteiger partial charge is 0.410 e. The number of nitrogens with zero attached hydrogens (tertiary/aromatic N) is 4. The summed E-state index contributed by atoms with van der Waals surface area (Å²) in [6.07, 6.45) is 1.01. The number of ether oxygens (including phenoxy) is 2. The third-order valence-electron chi connectivity index (χ3n) is 9.08. The number of carbonyl (C=O) groups is 1. The number of aryl methyl sites for hydroxylation is 2. The number of hydrogen-bond donors (Lipinski definition) is 0. The molecule has 0 bridgehead atoms. The lowest BCUT2D eigenvalue weighted by Gasteiger charge is -2.38. The second kappa shape index (κ2) is 11.7. The lowest BCUT2D eigenvalue weighted by Crippen LogP contribution is -2.45. The summed E-state index contributed by atoms with van der Waals surface area (Å²) in [6, 6.07) is 16.3. The van der Waals surface area contributed by atoms with Gasteiger partial charge >= 0.3 is 6.09 Å². The molecule has 238 valence electrons. The summed E-state index contributed by atoms with van der Waals surface area (Å²) in [4.78, 5) is 19.5. The van der Waals surface area contributed by atoms with E-state index in [0.717, 1.165) is 44.6 Å². The number of benzene rings is 3. The predicted octanol–water partition coefficient (Wildman–Crippen LogP) is 8.83. The first-order valence-electron chi connectivity index (χ1n) is 15.8. The van der Waals surface area contributed by atoms with Crippen molar-refractivity contribution in [2.75, 3.05) is 13.1 Å². The number of hydrogen-bond acceptors (Lipinski definition) is 6. The third kappa shape index (κ3) is 6.39. The van der Waals surface area contributed by atoms with Gasteiger partial charge in [0.2, 0.25) is 0 Å². The van der Waals surface area contributed by atoms with Gasteiger partial charge in [0, 0.05) is 48.3 Å². The molecule has 0 radical (unpaired) electrons. The fourth-order valence-electron chi connectivity index (χ4n) is 5.60. The van der Waals surface area contributed by atoms with Gasteiger partial charge in [-0.25, -0.2) is 9.78 Å². The average Bonchev–Trinajstić information content (AvgIpc) is 3.29. The molecule has 8 nitrogen and oxygen atoms in total. The first-order chi connectivity index (χ1) is 21.0. The number of aromatic nitrogens is 2. The van der Waals surface area contributed by atoms with Crippen LogP contribution in [0, 0.1) is 25.2 Å². The number of nitriles is 1. The van der Waals surface area contributed by atoms with Crippen LogP contribution in [0.4, 0.5) is 4.79 Å². The van der Waals surface area contributed by atoms with E-state index in [1.807, 2.05) is 58.0 Å². The van der Waals surface area contributed by atoms with Gasteiger partial charge in [-0.05, 0) is 64.9 Å². The number of amides is 1. The summed E-state index contributed by atoms with van der Waals surface area (Å²) in [5.74, 6) is 2.28. The maximum Gasteiger partial charge on any atom is 0.410 e. The number of carbonyl (C=O) groups excluding carboxylic acids is 1. The molecule has 0 spiro atoms. The number of imidazole rings is 1. The average molecular weight is 627 g/mol. The minimum Gasteiger partial charge on any atom is -0.541 e. The van der Waals surface area contributed by atoms with Crippen LogP contribution in [0.5, 0.6) is 11.5 Å². The van der Waals surface area contributed by atoms with Gasteiger partial charge in [-0.3, -0.25) is 4.57 Å². The van der Waals surface area contributed by atoms with Crippen molar-refractivity contribution in [1.82, 2.24) is 14.5 Å². The standard InChI is InChI=1S/C36H46N4O4Si/c1-23-32-30(40(24(2)38-32)29-16-15-25(22-37)27-13-11-12-14-28(27)29)21-31(33(23)44-45(9,10)36(6,7)8)42-26-17-19-39(20-18-26)34(41)43-35(3,4)5/h11-16,21,26H,17-20H2,1-10H3. The highest BCUT2D eigenvalue weighted by Gasteiger charge is 2.40. The first-order valence-corrected chi connectivity index (χ1v) is 18.7. The van der Waals surface area contributed by atoms with E-state index in [-0.39, 0.29) is 17.2 Å². The lowest BCUT2D eigenvalue weighted by molar-refractivity contribution is 0.0125. The second-order valence-corrected chi connectivity index (χ2v) is 19.4. The first kappa shape index (κ1) is 32.4. The molecule has 9 heteroatoms.